The Hall–Kier alpha value is -1.43. The second kappa shape index (κ2) is 5.69. The van der Waals surface area contributed by atoms with Crippen molar-refractivity contribution in [2.75, 3.05) is 19.8 Å². The van der Waals surface area contributed by atoms with Gasteiger partial charge < -0.3 is 9.64 Å². The van der Waals surface area contributed by atoms with Crippen LogP contribution in [0.5, 0.6) is 0 Å². The molecule has 6 nitrogen and oxygen atoms in total. The molecule has 2 heterocycles. The van der Waals surface area contributed by atoms with Crippen molar-refractivity contribution in [2.45, 2.75) is 38.3 Å². The first-order valence-corrected chi connectivity index (χ1v) is 7.02. The Kier molecular flexibility index (Phi) is 3.77. The Labute approximate surface area is 112 Å². The van der Waals surface area contributed by atoms with Gasteiger partial charge in [-0.3, -0.25) is 9.48 Å². The molecular formula is C13H20N4O2. The van der Waals surface area contributed by atoms with Gasteiger partial charge in [0.15, 0.2) is 0 Å². The zero-order chi connectivity index (χ0) is 13.1. The molecule has 0 bridgehead atoms. The van der Waals surface area contributed by atoms with Gasteiger partial charge in [0.05, 0.1) is 13.2 Å². The van der Waals surface area contributed by atoms with Gasteiger partial charge in [-0.25, -0.2) is 4.98 Å². The van der Waals surface area contributed by atoms with Gasteiger partial charge in [-0.05, 0) is 19.3 Å². The number of aryl methyl sites for hydroxylation is 1. The van der Waals surface area contributed by atoms with Gasteiger partial charge >= 0.3 is 0 Å². The molecule has 1 aromatic heterocycles. The molecule has 0 N–H and O–H groups in total. The van der Waals surface area contributed by atoms with E-state index in [0.29, 0.717) is 24.9 Å². The average molecular weight is 264 g/mol. The van der Waals surface area contributed by atoms with Gasteiger partial charge in [0.2, 0.25) is 5.91 Å². The molecule has 1 atom stereocenters. The van der Waals surface area contributed by atoms with Crippen molar-refractivity contribution in [1.29, 1.82) is 0 Å². The number of hydrogen-bond donors (Lipinski definition) is 0. The van der Waals surface area contributed by atoms with E-state index in [1.54, 1.807) is 11.0 Å². The first-order valence-electron chi connectivity index (χ1n) is 7.02. The first-order chi connectivity index (χ1) is 9.33. The molecule has 3 rings (SSSR count). The summed E-state index contributed by atoms with van der Waals surface area (Å²) in [5.74, 6) is 0.765. The van der Waals surface area contributed by atoms with Crippen molar-refractivity contribution in [2.24, 2.45) is 5.92 Å². The third-order valence-corrected chi connectivity index (χ3v) is 3.81. The van der Waals surface area contributed by atoms with E-state index in [1.807, 2.05) is 0 Å². The third kappa shape index (κ3) is 3.32. The lowest BCUT2D eigenvalue weighted by Gasteiger charge is -2.25. The summed E-state index contributed by atoms with van der Waals surface area (Å²) >= 11 is 0. The molecule has 104 valence electrons. The van der Waals surface area contributed by atoms with E-state index in [-0.39, 0.29) is 5.91 Å². The average Bonchev–Trinajstić information content (AvgIpc) is 2.94. The van der Waals surface area contributed by atoms with Gasteiger partial charge in [0.1, 0.15) is 12.7 Å². The van der Waals surface area contributed by atoms with Crippen LogP contribution in [0.15, 0.2) is 12.7 Å². The van der Waals surface area contributed by atoms with Crippen LogP contribution in [0.3, 0.4) is 0 Å². The zero-order valence-corrected chi connectivity index (χ0v) is 11.1. The van der Waals surface area contributed by atoms with Gasteiger partial charge in [-0.15, -0.1) is 0 Å². The zero-order valence-electron chi connectivity index (χ0n) is 11.1. The van der Waals surface area contributed by atoms with Crippen LogP contribution in [0.4, 0.5) is 0 Å². The summed E-state index contributed by atoms with van der Waals surface area (Å²) in [5, 5.41) is 4.03. The summed E-state index contributed by atoms with van der Waals surface area (Å²) in [6.07, 6.45) is 7.05. The largest absolute Gasteiger partial charge is 0.381 e. The summed E-state index contributed by atoms with van der Waals surface area (Å²) in [7, 11) is 0. The van der Waals surface area contributed by atoms with E-state index in [2.05, 4.69) is 15.0 Å². The maximum atomic E-state index is 12.3. The molecule has 0 spiro atoms. The molecule has 6 heteroatoms. The number of aromatic nitrogens is 3. The van der Waals surface area contributed by atoms with E-state index in [4.69, 9.17) is 4.74 Å². The van der Waals surface area contributed by atoms with Crippen LogP contribution in [0.25, 0.3) is 0 Å². The Morgan fingerprint density at radius 2 is 2.32 bits per heavy atom. The molecule has 2 aliphatic rings. The smallest absolute Gasteiger partial charge is 0.224 e. The molecular weight excluding hydrogens is 244 g/mol. The molecule has 0 radical (unpaired) electrons. The third-order valence-electron chi connectivity index (χ3n) is 3.81. The fraction of sp³-hybridized carbons (Fsp3) is 0.769. The van der Waals surface area contributed by atoms with Crippen molar-refractivity contribution in [3.05, 3.63) is 12.7 Å². The predicted octanol–water partition coefficient (Wildman–Crippen LogP) is 0.696. The highest BCUT2D eigenvalue weighted by Gasteiger charge is 2.34. The quantitative estimate of drug-likeness (QED) is 0.758. The second-order valence-corrected chi connectivity index (χ2v) is 5.42. The molecule has 0 aromatic carbocycles. The van der Waals surface area contributed by atoms with Crippen LogP contribution < -0.4 is 0 Å². The van der Waals surface area contributed by atoms with E-state index in [0.717, 1.165) is 39.0 Å². The van der Waals surface area contributed by atoms with E-state index < -0.39 is 0 Å². The maximum absolute atomic E-state index is 12.3. The van der Waals surface area contributed by atoms with E-state index in [1.165, 1.54) is 6.33 Å². The van der Waals surface area contributed by atoms with Crippen molar-refractivity contribution < 1.29 is 9.53 Å². The lowest BCUT2D eigenvalue weighted by atomic mass is 10.1. The van der Waals surface area contributed by atoms with Crippen LogP contribution in [-0.2, 0) is 16.1 Å². The molecule has 0 unspecified atom stereocenters. The van der Waals surface area contributed by atoms with Gasteiger partial charge in [0.25, 0.3) is 0 Å². The van der Waals surface area contributed by atoms with Crippen LogP contribution in [-0.4, -0.2) is 51.4 Å². The Morgan fingerprint density at radius 3 is 2.95 bits per heavy atom. The number of ether oxygens (including phenoxy) is 1. The highest BCUT2D eigenvalue weighted by atomic mass is 16.5. The molecule has 19 heavy (non-hydrogen) atoms. The molecule has 1 saturated carbocycles. The Morgan fingerprint density at radius 1 is 1.42 bits per heavy atom. The van der Waals surface area contributed by atoms with Crippen molar-refractivity contribution >= 4 is 5.91 Å². The number of hydrogen-bond acceptors (Lipinski definition) is 4. The molecule has 1 amide bonds. The predicted molar refractivity (Wildman–Crippen MR) is 68.3 cm³/mol. The highest BCUT2D eigenvalue weighted by Crippen LogP contribution is 2.29. The van der Waals surface area contributed by atoms with Crippen LogP contribution >= 0.6 is 0 Å². The lowest BCUT2D eigenvalue weighted by Crippen LogP contribution is -2.37. The summed E-state index contributed by atoms with van der Waals surface area (Å²) in [5.41, 5.74) is 0. The molecule has 1 saturated heterocycles. The number of rotatable bonds is 6. The summed E-state index contributed by atoms with van der Waals surface area (Å²) in [6, 6.07) is 0.476. The van der Waals surface area contributed by atoms with E-state index >= 15 is 0 Å². The number of nitrogens with zero attached hydrogens (tertiary/aromatic N) is 4. The van der Waals surface area contributed by atoms with E-state index in [9.17, 15) is 4.79 Å². The maximum Gasteiger partial charge on any atom is 0.224 e. The van der Waals surface area contributed by atoms with Crippen molar-refractivity contribution in [3.63, 3.8) is 0 Å². The van der Waals surface area contributed by atoms with Gasteiger partial charge in [-0.1, -0.05) is 0 Å². The van der Waals surface area contributed by atoms with Crippen LogP contribution in [0.1, 0.15) is 25.7 Å². The number of carbonyl (C=O) groups is 1. The number of carbonyl (C=O) groups excluding carboxylic acids is 1. The minimum atomic E-state index is 0.241. The molecule has 1 aromatic rings. The minimum Gasteiger partial charge on any atom is -0.381 e. The lowest BCUT2D eigenvalue weighted by molar-refractivity contribution is -0.132. The summed E-state index contributed by atoms with van der Waals surface area (Å²) in [4.78, 5) is 18.3. The Bertz CT molecular complexity index is 410. The fourth-order valence-corrected chi connectivity index (χ4v) is 2.55. The summed E-state index contributed by atoms with van der Waals surface area (Å²) in [6.45, 7) is 3.12. The first kappa shape index (κ1) is 12.6. The van der Waals surface area contributed by atoms with Gasteiger partial charge in [-0.2, -0.15) is 5.10 Å². The van der Waals surface area contributed by atoms with Crippen LogP contribution in [0.2, 0.25) is 0 Å². The SMILES string of the molecule is O=C(CCn1cncn1)N(C[C@@H]1CCOC1)C1CC1. The molecule has 1 aliphatic carbocycles. The fourth-order valence-electron chi connectivity index (χ4n) is 2.55. The minimum absolute atomic E-state index is 0.241. The van der Waals surface area contributed by atoms with Gasteiger partial charge in [0, 0.05) is 31.5 Å². The molecule has 2 fully saturated rings. The van der Waals surface area contributed by atoms with Crippen molar-refractivity contribution in [1.82, 2.24) is 19.7 Å². The normalized spacial score (nSPS) is 22.6. The standard InChI is InChI=1S/C13H20N4O2/c18-13(3-5-16-10-14-9-15-16)17(12-1-2-12)7-11-4-6-19-8-11/h9-12H,1-8H2/t11-/m0/s1. The monoisotopic (exact) mass is 264 g/mol. The van der Waals surface area contributed by atoms with Crippen LogP contribution in [0, 0.1) is 5.92 Å². The van der Waals surface area contributed by atoms with Crippen molar-refractivity contribution in [3.8, 4) is 0 Å². The molecule has 1 aliphatic heterocycles. The Balaban J connectivity index is 1.52. The summed E-state index contributed by atoms with van der Waals surface area (Å²) < 4.78 is 7.11. The second-order valence-electron chi connectivity index (χ2n) is 5.42. The topological polar surface area (TPSA) is 60.2 Å². The number of amides is 1. The highest BCUT2D eigenvalue weighted by molar-refractivity contribution is 5.76.